The predicted octanol–water partition coefficient (Wildman–Crippen LogP) is 6.80. The molecule has 0 saturated carbocycles. The Balaban J connectivity index is 1.36. The highest BCUT2D eigenvalue weighted by atomic mass is 35.5. The van der Waals surface area contributed by atoms with Crippen molar-refractivity contribution in [1.82, 2.24) is 15.2 Å². The molecule has 0 aliphatic carbocycles. The highest BCUT2D eigenvalue weighted by Crippen LogP contribution is 2.31. The van der Waals surface area contributed by atoms with Gasteiger partial charge in [-0.3, -0.25) is 15.0 Å². The lowest BCUT2D eigenvalue weighted by Gasteiger charge is -1.97. The number of aliphatic imine (C=N–C) groups is 1. The van der Waals surface area contributed by atoms with Gasteiger partial charge in [0, 0.05) is 16.8 Å². The number of benzene rings is 3. The van der Waals surface area contributed by atoms with Gasteiger partial charge >= 0.3 is 0 Å². The maximum absolute atomic E-state index is 12.1. The van der Waals surface area contributed by atoms with Gasteiger partial charge < -0.3 is 0 Å². The zero-order valence-corrected chi connectivity index (χ0v) is 18.1. The number of thiazole rings is 1. The van der Waals surface area contributed by atoms with Gasteiger partial charge in [0.2, 0.25) is 0 Å². The van der Waals surface area contributed by atoms with Gasteiger partial charge in [-0.25, -0.2) is 9.98 Å². The van der Waals surface area contributed by atoms with Crippen molar-refractivity contribution in [2.45, 2.75) is 0 Å². The van der Waals surface area contributed by atoms with Gasteiger partial charge in [0.15, 0.2) is 11.5 Å². The molecule has 7 nitrogen and oxygen atoms in total. The van der Waals surface area contributed by atoms with Crippen molar-refractivity contribution in [1.29, 1.82) is 0 Å². The van der Waals surface area contributed by atoms with Crippen molar-refractivity contribution in [2.75, 3.05) is 0 Å². The third-order valence-corrected chi connectivity index (χ3v) is 5.96. The first-order valence-electron chi connectivity index (χ1n) is 9.64. The molecule has 0 aliphatic heterocycles. The minimum absolute atomic E-state index is 0.102. The number of nitrogens with zero attached hydrogens (tertiary/aromatic N) is 4. The van der Waals surface area contributed by atoms with Crippen LogP contribution < -0.4 is 5.56 Å². The number of halogens is 1. The minimum Gasteiger partial charge on any atom is -0.280 e. The van der Waals surface area contributed by atoms with Crippen LogP contribution in [0.5, 0.6) is 0 Å². The number of azo groups is 1. The number of H-pyrrole nitrogens is 2. The molecule has 0 saturated heterocycles. The number of para-hydroxylation sites is 1. The SMILES string of the molecule is O=c1[nH][nH]c(/N=C/c2ccc(Cl)cc2)c1N=Nc1ccc(-c2nc3ccccc3s2)cc1. The van der Waals surface area contributed by atoms with Crippen LogP contribution in [-0.2, 0) is 0 Å². The van der Waals surface area contributed by atoms with Crippen LogP contribution in [0.4, 0.5) is 17.2 Å². The summed E-state index contributed by atoms with van der Waals surface area (Å²) in [7, 11) is 0. The standard InChI is InChI=1S/C23H15ClN6OS/c24-16-9-5-14(6-10-16)13-25-21-20(22(31)30-29-21)28-27-17-11-7-15(8-12-17)23-26-18-3-1-2-4-19(18)32-23/h1-13H,(H2,29,30,31)/b25-13+,28-27?. The van der Waals surface area contributed by atoms with E-state index in [0.29, 0.717) is 16.5 Å². The first kappa shape index (κ1) is 20.0. The Morgan fingerprint density at radius 1 is 0.906 bits per heavy atom. The van der Waals surface area contributed by atoms with Crippen molar-refractivity contribution in [3.05, 3.63) is 93.7 Å². The van der Waals surface area contributed by atoms with Crippen molar-refractivity contribution in [2.24, 2.45) is 15.2 Å². The lowest BCUT2D eigenvalue weighted by Crippen LogP contribution is -1.96. The Hall–Kier alpha value is -3.88. The molecular weight excluding hydrogens is 444 g/mol. The Kier molecular flexibility index (Phi) is 5.45. The number of aromatic amines is 2. The van der Waals surface area contributed by atoms with Gasteiger partial charge in [0.25, 0.3) is 5.56 Å². The van der Waals surface area contributed by atoms with Gasteiger partial charge in [-0.05, 0) is 54.1 Å². The number of rotatable bonds is 5. The number of aromatic nitrogens is 3. The van der Waals surface area contributed by atoms with Gasteiger partial charge in [0.05, 0.1) is 15.9 Å². The van der Waals surface area contributed by atoms with Gasteiger partial charge in [0.1, 0.15) is 5.01 Å². The molecule has 156 valence electrons. The number of nitrogens with one attached hydrogen (secondary N) is 2. The lowest BCUT2D eigenvalue weighted by atomic mass is 10.2. The van der Waals surface area contributed by atoms with Crippen LogP contribution in [0.2, 0.25) is 5.02 Å². The van der Waals surface area contributed by atoms with Gasteiger partial charge in [-0.15, -0.1) is 16.5 Å². The average Bonchev–Trinajstić information content (AvgIpc) is 3.41. The second kappa shape index (κ2) is 8.70. The minimum atomic E-state index is -0.400. The fourth-order valence-electron chi connectivity index (χ4n) is 2.99. The Morgan fingerprint density at radius 2 is 1.69 bits per heavy atom. The van der Waals surface area contributed by atoms with Crippen molar-refractivity contribution in [3.63, 3.8) is 0 Å². The summed E-state index contributed by atoms with van der Waals surface area (Å²) in [5.74, 6) is 0.291. The summed E-state index contributed by atoms with van der Waals surface area (Å²) in [5, 5.41) is 15.1. The number of hydrogen-bond acceptors (Lipinski definition) is 6. The molecule has 0 bridgehead atoms. The Bertz CT molecular complexity index is 1460. The third-order valence-electron chi connectivity index (χ3n) is 4.62. The molecular formula is C23H15ClN6OS. The summed E-state index contributed by atoms with van der Waals surface area (Å²) in [6.45, 7) is 0. The predicted molar refractivity (Wildman–Crippen MR) is 129 cm³/mol. The first-order chi connectivity index (χ1) is 15.7. The first-order valence-corrected chi connectivity index (χ1v) is 10.8. The lowest BCUT2D eigenvalue weighted by molar-refractivity contribution is 1.05. The summed E-state index contributed by atoms with van der Waals surface area (Å²) in [4.78, 5) is 21.1. The van der Waals surface area contributed by atoms with E-state index >= 15 is 0 Å². The highest BCUT2D eigenvalue weighted by Gasteiger charge is 2.09. The molecule has 5 aromatic rings. The van der Waals surface area contributed by atoms with E-state index in [9.17, 15) is 4.79 Å². The van der Waals surface area contributed by atoms with Crippen LogP contribution in [-0.4, -0.2) is 21.4 Å². The summed E-state index contributed by atoms with van der Waals surface area (Å²) in [6, 6.07) is 22.8. The molecule has 0 radical (unpaired) electrons. The van der Waals surface area contributed by atoms with Crippen LogP contribution in [0.1, 0.15) is 5.56 Å². The summed E-state index contributed by atoms with van der Waals surface area (Å²) in [5.41, 5.74) is 3.13. The van der Waals surface area contributed by atoms with E-state index < -0.39 is 5.56 Å². The van der Waals surface area contributed by atoms with Gasteiger partial charge in [-0.2, -0.15) is 5.11 Å². The Labute approximate surface area is 191 Å². The van der Waals surface area contributed by atoms with E-state index in [1.165, 1.54) is 0 Å². The zero-order valence-electron chi connectivity index (χ0n) is 16.5. The largest absolute Gasteiger partial charge is 0.294 e. The molecule has 0 unspecified atom stereocenters. The van der Waals surface area contributed by atoms with Crippen LogP contribution in [0.25, 0.3) is 20.8 Å². The van der Waals surface area contributed by atoms with Crippen LogP contribution in [0, 0.1) is 0 Å². The fraction of sp³-hybridized carbons (Fsp3) is 0. The topological polar surface area (TPSA) is 98.6 Å². The maximum Gasteiger partial charge on any atom is 0.294 e. The third kappa shape index (κ3) is 4.27. The monoisotopic (exact) mass is 458 g/mol. The molecule has 3 aromatic carbocycles. The van der Waals surface area contributed by atoms with Crippen LogP contribution >= 0.6 is 22.9 Å². The molecule has 5 rings (SSSR count). The molecule has 2 aromatic heterocycles. The molecule has 0 spiro atoms. The van der Waals surface area contributed by atoms with E-state index in [2.05, 4.69) is 36.5 Å². The second-order valence-electron chi connectivity index (χ2n) is 6.82. The Morgan fingerprint density at radius 3 is 2.47 bits per heavy atom. The summed E-state index contributed by atoms with van der Waals surface area (Å²) in [6.07, 6.45) is 1.61. The van der Waals surface area contributed by atoms with E-state index in [1.54, 1.807) is 29.7 Å². The molecule has 32 heavy (non-hydrogen) atoms. The molecule has 2 heterocycles. The van der Waals surface area contributed by atoms with Crippen molar-refractivity contribution in [3.8, 4) is 10.6 Å². The van der Waals surface area contributed by atoms with E-state index in [1.807, 2.05) is 54.6 Å². The second-order valence-corrected chi connectivity index (χ2v) is 8.29. The van der Waals surface area contributed by atoms with E-state index in [4.69, 9.17) is 11.6 Å². The fourth-order valence-corrected chi connectivity index (χ4v) is 4.09. The number of fused-ring (bicyclic) bond motifs is 1. The molecule has 0 atom stereocenters. The highest BCUT2D eigenvalue weighted by molar-refractivity contribution is 7.21. The normalized spacial score (nSPS) is 11.8. The van der Waals surface area contributed by atoms with E-state index in [0.717, 1.165) is 26.4 Å². The van der Waals surface area contributed by atoms with Crippen molar-refractivity contribution < 1.29 is 0 Å². The van der Waals surface area contributed by atoms with Crippen LogP contribution in [0.15, 0.2) is 92.8 Å². The smallest absolute Gasteiger partial charge is 0.280 e. The average molecular weight is 459 g/mol. The molecule has 0 amide bonds. The van der Waals surface area contributed by atoms with Crippen molar-refractivity contribution >= 4 is 56.6 Å². The van der Waals surface area contributed by atoms with Gasteiger partial charge in [-0.1, -0.05) is 35.9 Å². The molecule has 0 aliphatic rings. The zero-order chi connectivity index (χ0) is 21.9. The summed E-state index contributed by atoms with van der Waals surface area (Å²) >= 11 is 7.53. The quantitative estimate of drug-likeness (QED) is 0.223. The molecule has 9 heteroatoms. The van der Waals surface area contributed by atoms with Crippen LogP contribution in [0.3, 0.4) is 0 Å². The maximum atomic E-state index is 12.1. The van der Waals surface area contributed by atoms with E-state index in [-0.39, 0.29) is 5.69 Å². The number of hydrogen-bond donors (Lipinski definition) is 2. The molecule has 0 fully saturated rings. The summed E-state index contributed by atoms with van der Waals surface area (Å²) < 4.78 is 1.14. The molecule has 2 N–H and O–H groups in total.